The van der Waals surface area contributed by atoms with Gasteiger partial charge in [-0.15, -0.1) is 0 Å². The number of allylic oxidation sites excluding steroid dienone is 18. The van der Waals surface area contributed by atoms with Gasteiger partial charge in [0.05, 0.1) is 40.3 Å². The Kier molecular flexibility index (Phi) is 70.5. The van der Waals surface area contributed by atoms with Gasteiger partial charge in [-0.1, -0.05) is 342 Å². The van der Waals surface area contributed by atoms with Crippen LogP contribution in [0.3, 0.4) is 0 Å². The molecule has 536 valence electrons. The fourth-order valence-corrected chi connectivity index (χ4v) is 11.1. The number of nitrogens with zero attached hydrogens (tertiary/aromatic N) is 1. The highest BCUT2D eigenvalue weighted by molar-refractivity contribution is 5.70. The number of hydrogen-bond acceptors (Lipinski definition) is 8. The molecule has 0 amide bonds. The zero-order valence-electron chi connectivity index (χ0n) is 61.4. The van der Waals surface area contributed by atoms with Gasteiger partial charge in [-0.2, -0.15) is 0 Å². The van der Waals surface area contributed by atoms with Gasteiger partial charge >= 0.3 is 11.9 Å². The lowest BCUT2D eigenvalue weighted by molar-refractivity contribution is -0.870. The fourth-order valence-electron chi connectivity index (χ4n) is 11.1. The molecule has 0 aromatic heterocycles. The fraction of sp³-hybridized carbons (Fsp3) is 0.750. The number of carbonyl (C=O) groups excluding carboxylic acids is 3. The van der Waals surface area contributed by atoms with Crippen molar-refractivity contribution >= 4 is 17.9 Å². The minimum Gasteiger partial charge on any atom is -0.545 e. The van der Waals surface area contributed by atoms with Gasteiger partial charge in [0.25, 0.3) is 0 Å². The molecule has 0 rings (SSSR count). The van der Waals surface area contributed by atoms with Crippen molar-refractivity contribution in [2.45, 2.75) is 360 Å². The van der Waals surface area contributed by atoms with E-state index in [0.717, 1.165) is 89.9 Å². The SMILES string of the molecule is CC/C=C\C/C=C\C/C=C\C/C=C\C/C=C\C/C=C\C/C=C\CCCCCCCCCCCCCCCC(=O)OC(COC(=O)CCCCCCCCCCCCCCCCCCCCCCC/C=C\C/C=C\CCCCCCC)COC(OCC[N+](C)(C)C)C(=O)[O-]. The van der Waals surface area contributed by atoms with Crippen molar-refractivity contribution in [2.75, 3.05) is 47.5 Å². The summed E-state index contributed by atoms with van der Waals surface area (Å²) in [7, 11) is 5.94. The number of aliphatic carboxylic acids is 1. The Balaban J connectivity index is 4.05. The molecule has 93 heavy (non-hydrogen) atoms. The second-order valence-electron chi connectivity index (χ2n) is 27.3. The second-order valence-corrected chi connectivity index (χ2v) is 27.3. The monoisotopic (exact) mass is 1300 g/mol. The van der Waals surface area contributed by atoms with Crippen LogP contribution in [0.4, 0.5) is 0 Å². The summed E-state index contributed by atoms with van der Waals surface area (Å²) in [6, 6.07) is 0. The van der Waals surface area contributed by atoms with Crippen molar-refractivity contribution in [3.05, 3.63) is 109 Å². The smallest absolute Gasteiger partial charge is 0.306 e. The maximum absolute atomic E-state index is 13.0. The van der Waals surface area contributed by atoms with E-state index in [4.69, 9.17) is 18.9 Å². The highest BCUT2D eigenvalue weighted by Gasteiger charge is 2.22. The number of hydrogen-bond donors (Lipinski definition) is 0. The van der Waals surface area contributed by atoms with Crippen LogP contribution in [0.5, 0.6) is 0 Å². The van der Waals surface area contributed by atoms with Crippen LogP contribution in [0.15, 0.2) is 109 Å². The Morgan fingerprint density at radius 2 is 0.613 bits per heavy atom. The molecule has 0 radical (unpaired) electrons. The number of likely N-dealkylation sites (N-methyl/N-ethyl adjacent to an activating group) is 1. The number of esters is 2. The van der Waals surface area contributed by atoms with E-state index >= 15 is 0 Å². The zero-order chi connectivity index (χ0) is 67.5. The molecule has 0 fully saturated rings. The number of unbranched alkanes of at least 4 members (excludes halogenated alkanes) is 39. The van der Waals surface area contributed by atoms with Crippen LogP contribution in [0.1, 0.15) is 348 Å². The van der Waals surface area contributed by atoms with Gasteiger partial charge in [-0.25, -0.2) is 0 Å². The lowest BCUT2D eigenvalue weighted by Crippen LogP contribution is -2.44. The standard InChI is InChI=1S/C84H147NO8/c1-6-8-10-12-14-16-18-20-22-24-26-28-30-32-34-36-38-40-41-43-45-47-49-51-53-55-57-59-61-63-65-67-69-71-73-75-82(87)93-80(79-92-84(83(88)89)90-77-76-85(3,4)5)78-91-81(86)74-72-70-68-66-64-62-60-58-56-54-52-50-48-46-44-42-39-37-35-33-31-29-27-25-23-21-19-17-15-13-11-9-7-2/h8,10,14,16,19-22,25-28,32,34,38,40,43,45,80,84H,6-7,9,11-13,15,17-18,23-24,29-31,33,35-37,39,41-42,44,46-79H2,1-5H3/b10-8-,16-14-,21-19-,22-20-,27-25-,28-26-,34-32-,40-38-,45-43-. The third-order valence-electron chi connectivity index (χ3n) is 17.0. The van der Waals surface area contributed by atoms with Crippen molar-refractivity contribution in [1.82, 2.24) is 0 Å². The molecule has 0 aliphatic carbocycles. The average Bonchev–Trinajstić information content (AvgIpc) is 3.74. The minimum absolute atomic E-state index is 0.145. The normalized spacial score (nSPS) is 13.3. The van der Waals surface area contributed by atoms with Crippen LogP contribution in [0.25, 0.3) is 0 Å². The van der Waals surface area contributed by atoms with Crippen molar-refractivity contribution in [3.63, 3.8) is 0 Å². The summed E-state index contributed by atoms with van der Waals surface area (Å²) in [6.07, 6.45) is 101. The molecule has 0 saturated carbocycles. The molecule has 0 spiro atoms. The maximum Gasteiger partial charge on any atom is 0.306 e. The van der Waals surface area contributed by atoms with Crippen LogP contribution in [-0.2, 0) is 33.3 Å². The number of carboxylic acids is 1. The van der Waals surface area contributed by atoms with Gasteiger partial charge in [0, 0.05) is 12.8 Å². The van der Waals surface area contributed by atoms with E-state index in [-0.39, 0.29) is 32.2 Å². The molecule has 2 unspecified atom stereocenters. The average molecular weight is 1300 g/mol. The van der Waals surface area contributed by atoms with Crippen molar-refractivity contribution < 1.29 is 42.9 Å². The molecular weight excluding hydrogens is 1150 g/mol. The van der Waals surface area contributed by atoms with Gasteiger partial charge in [0.15, 0.2) is 12.4 Å². The summed E-state index contributed by atoms with van der Waals surface area (Å²) < 4.78 is 22.9. The number of carbonyl (C=O) groups is 3. The summed E-state index contributed by atoms with van der Waals surface area (Å²) in [5.74, 6) is -2.27. The number of rotatable bonds is 72. The molecule has 0 heterocycles. The minimum atomic E-state index is -1.63. The third kappa shape index (κ3) is 75.2. The maximum atomic E-state index is 13.0. The Labute approximate surface area is 575 Å². The Morgan fingerprint density at radius 1 is 0.333 bits per heavy atom. The van der Waals surface area contributed by atoms with E-state index in [1.807, 2.05) is 21.1 Å². The van der Waals surface area contributed by atoms with Crippen LogP contribution < -0.4 is 5.11 Å². The summed E-state index contributed by atoms with van der Waals surface area (Å²) in [6.45, 7) is 4.66. The summed E-state index contributed by atoms with van der Waals surface area (Å²) in [5.41, 5.74) is 0. The molecular formula is C84H147NO8. The Morgan fingerprint density at radius 3 is 0.914 bits per heavy atom. The highest BCUT2D eigenvalue weighted by atomic mass is 16.7. The van der Waals surface area contributed by atoms with E-state index in [1.165, 1.54) is 225 Å². The Bertz CT molecular complexity index is 1900. The van der Waals surface area contributed by atoms with Crippen LogP contribution in [-0.4, -0.2) is 82.3 Å². The Hall–Kier alpha value is -4.05. The van der Waals surface area contributed by atoms with Crippen molar-refractivity contribution in [2.24, 2.45) is 0 Å². The molecule has 0 aliphatic rings. The third-order valence-corrected chi connectivity index (χ3v) is 17.0. The first-order valence-electron chi connectivity index (χ1n) is 39.0. The number of carboxylic acid groups (broad SMARTS) is 1. The summed E-state index contributed by atoms with van der Waals surface area (Å²) in [4.78, 5) is 37.6. The first-order chi connectivity index (χ1) is 45.6. The zero-order valence-corrected chi connectivity index (χ0v) is 61.4. The molecule has 2 atom stereocenters. The van der Waals surface area contributed by atoms with E-state index in [2.05, 4.69) is 123 Å². The summed E-state index contributed by atoms with van der Waals surface area (Å²) >= 11 is 0. The van der Waals surface area contributed by atoms with E-state index < -0.39 is 24.3 Å². The molecule has 0 saturated heterocycles. The quantitative estimate of drug-likeness (QED) is 0.0195. The van der Waals surface area contributed by atoms with Gasteiger partial charge in [0.1, 0.15) is 13.2 Å². The molecule has 0 bridgehead atoms. The first kappa shape index (κ1) is 89.0. The molecule has 0 aliphatic heterocycles. The van der Waals surface area contributed by atoms with Crippen molar-refractivity contribution in [1.29, 1.82) is 0 Å². The predicted molar refractivity (Wildman–Crippen MR) is 398 cm³/mol. The van der Waals surface area contributed by atoms with Gasteiger partial charge in [-0.3, -0.25) is 9.59 Å². The topological polar surface area (TPSA) is 111 Å². The van der Waals surface area contributed by atoms with Crippen LogP contribution >= 0.6 is 0 Å². The molecule has 0 aromatic rings. The van der Waals surface area contributed by atoms with Crippen molar-refractivity contribution in [3.8, 4) is 0 Å². The largest absolute Gasteiger partial charge is 0.545 e. The van der Waals surface area contributed by atoms with Gasteiger partial charge < -0.3 is 33.3 Å². The number of ether oxygens (including phenoxy) is 4. The predicted octanol–water partition coefficient (Wildman–Crippen LogP) is 23.6. The first-order valence-corrected chi connectivity index (χ1v) is 39.0. The van der Waals surface area contributed by atoms with E-state index in [0.29, 0.717) is 23.9 Å². The number of quaternary nitrogens is 1. The second kappa shape index (κ2) is 73.8. The van der Waals surface area contributed by atoms with Crippen LogP contribution in [0.2, 0.25) is 0 Å². The lowest BCUT2D eigenvalue weighted by Gasteiger charge is -2.26. The van der Waals surface area contributed by atoms with Gasteiger partial charge in [-0.05, 0) is 103 Å². The molecule has 9 nitrogen and oxygen atoms in total. The highest BCUT2D eigenvalue weighted by Crippen LogP contribution is 2.18. The molecule has 0 aromatic carbocycles. The van der Waals surface area contributed by atoms with Crippen LogP contribution in [0, 0.1) is 0 Å². The molecule has 9 heteroatoms. The molecule has 0 N–H and O–H groups in total. The van der Waals surface area contributed by atoms with Gasteiger partial charge in [0.2, 0.25) is 0 Å². The lowest BCUT2D eigenvalue weighted by atomic mass is 10.0. The summed E-state index contributed by atoms with van der Waals surface area (Å²) in [5, 5.41) is 11.9. The van der Waals surface area contributed by atoms with E-state index in [1.54, 1.807) is 0 Å². The van der Waals surface area contributed by atoms with E-state index in [9.17, 15) is 19.5 Å².